The van der Waals surface area contributed by atoms with Gasteiger partial charge in [-0.2, -0.15) is 8.75 Å². The largest absolute Gasteiger partial charge is 0.319 e. The number of nitrogens with one attached hydrogen (secondary N) is 2. The van der Waals surface area contributed by atoms with Crippen LogP contribution in [-0.4, -0.2) is 19.6 Å². The topological polar surface area (TPSA) is 106 Å². The minimum atomic E-state index is -0.390. The van der Waals surface area contributed by atoms with Gasteiger partial charge in [-0.25, -0.2) is 10.8 Å². The average molecular weight is 321 g/mol. The molecule has 2 heterocycles. The molecule has 0 unspecified atom stereocenters. The van der Waals surface area contributed by atoms with Gasteiger partial charge in [0.2, 0.25) is 0 Å². The van der Waals surface area contributed by atoms with Crippen molar-refractivity contribution in [1.29, 1.82) is 0 Å². The first-order chi connectivity index (χ1) is 10.2. The molecule has 0 saturated heterocycles. The van der Waals surface area contributed by atoms with Crippen LogP contribution in [0.2, 0.25) is 5.02 Å². The van der Waals surface area contributed by atoms with E-state index in [0.29, 0.717) is 27.3 Å². The van der Waals surface area contributed by atoms with Gasteiger partial charge in [-0.15, -0.1) is 0 Å². The predicted octanol–water partition coefficient (Wildman–Crippen LogP) is 2.28. The van der Waals surface area contributed by atoms with Crippen molar-refractivity contribution in [2.75, 3.05) is 10.7 Å². The van der Waals surface area contributed by atoms with E-state index in [9.17, 15) is 4.79 Å². The fraction of sp³-hybridized carbons (Fsp3) is 0. The van der Waals surface area contributed by atoms with E-state index < -0.39 is 5.91 Å². The fourth-order valence-electron chi connectivity index (χ4n) is 1.83. The number of hydrogen-bond acceptors (Lipinski definition) is 7. The summed E-state index contributed by atoms with van der Waals surface area (Å²) in [5.41, 5.74) is 4.31. The van der Waals surface area contributed by atoms with Gasteiger partial charge in [0, 0.05) is 6.20 Å². The van der Waals surface area contributed by atoms with Crippen LogP contribution in [0.3, 0.4) is 0 Å². The molecule has 2 aromatic heterocycles. The summed E-state index contributed by atoms with van der Waals surface area (Å²) in [5, 5.41) is 3.11. The maximum Gasteiger partial charge on any atom is 0.259 e. The van der Waals surface area contributed by atoms with Gasteiger partial charge in [0.25, 0.3) is 5.91 Å². The van der Waals surface area contributed by atoms with E-state index in [2.05, 4.69) is 24.5 Å². The Morgan fingerprint density at radius 2 is 2.14 bits per heavy atom. The normalized spacial score (nSPS) is 10.6. The zero-order valence-electron chi connectivity index (χ0n) is 10.5. The Morgan fingerprint density at radius 3 is 2.95 bits per heavy atom. The van der Waals surface area contributed by atoms with Crippen molar-refractivity contribution >= 4 is 51.8 Å². The number of anilines is 2. The summed E-state index contributed by atoms with van der Waals surface area (Å²) >= 11 is 7.18. The number of aromatic nitrogens is 3. The predicted molar refractivity (Wildman–Crippen MR) is 82.4 cm³/mol. The van der Waals surface area contributed by atoms with Crippen molar-refractivity contribution in [3.05, 3.63) is 41.0 Å². The number of pyridine rings is 1. The first-order valence-electron chi connectivity index (χ1n) is 5.84. The molecule has 106 valence electrons. The highest BCUT2D eigenvalue weighted by Gasteiger charge is 2.16. The summed E-state index contributed by atoms with van der Waals surface area (Å²) < 4.78 is 8.25. The second-order valence-electron chi connectivity index (χ2n) is 4.05. The summed E-state index contributed by atoms with van der Waals surface area (Å²) in [5.74, 6) is 5.23. The molecule has 0 bridgehead atoms. The van der Waals surface area contributed by atoms with Gasteiger partial charge in [0.15, 0.2) is 5.82 Å². The van der Waals surface area contributed by atoms with E-state index in [1.165, 1.54) is 6.20 Å². The Morgan fingerprint density at radius 1 is 1.29 bits per heavy atom. The molecule has 0 radical (unpaired) electrons. The maximum atomic E-state index is 12.4. The minimum Gasteiger partial charge on any atom is -0.319 e. The number of halogens is 1. The summed E-state index contributed by atoms with van der Waals surface area (Å²) in [7, 11) is 0. The molecule has 3 rings (SSSR count). The van der Waals surface area contributed by atoms with E-state index in [-0.39, 0.29) is 5.82 Å². The zero-order valence-corrected chi connectivity index (χ0v) is 12.1. The van der Waals surface area contributed by atoms with E-state index in [1.807, 2.05) is 0 Å². The molecule has 9 heteroatoms. The number of fused-ring (bicyclic) bond motifs is 1. The number of nitrogens with zero attached hydrogens (tertiary/aromatic N) is 3. The molecule has 0 aliphatic carbocycles. The van der Waals surface area contributed by atoms with Crippen molar-refractivity contribution in [3.8, 4) is 0 Å². The number of rotatable bonds is 3. The first-order valence-corrected chi connectivity index (χ1v) is 6.95. The van der Waals surface area contributed by atoms with E-state index in [4.69, 9.17) is 17.4 Å². The van der Waals surface area contributed by atoms with E-state index in [1.54, 1.807) is 24.3 Å². The maximum absolute atomic E-state index is 12.4. The summed E-state index contributed by atoms with van der Waals surface area (Å²) in [6, 6.07) is 6.65. The third-order valence-electron chi connectivity index (χ3n) is 2.80. The van der Waals surface area contributed by atoms with Crippen molar-refractivity contribution < 1.29 is 4.79 Å². The van der Waals surface area contributed by atoms with Crippen molar-refractivity contribution in [2.45, 2.75) is 0 Å². The van der Waals surface area contributed by atoms with Gasteiger partial charge in [-0.05, 0) is 24.3 Å². The van der Waals surface area contributed by atoms with Crippen LogP contribution in [0, 0.1) is 0 Å². The van der Waals surface area contributed by atoms with Crippen molar-refractivity contribution in [3.63, 3.8) is 0 Å². The van der Waals surface area contributed by atoms with Crippen molar-refractivity contribution in [2.24, 2.45) is 5.84 Å². The number of benzene rings is 1. The average Bonchev–Trinajstić information content (AvgIpc) is 2.98. The van der Waals surface area contributed by atoms with Crippen LogP contribution in [0.25, 0.3) is 11.0 Å². The quantitative estimate of drug-likeness (QED) is 0.505. The van der Waals surface area contributed by atoms with Gasteiger partial charge in [0.05, 0.1) is 28.0 Å². The molecule has 0 fully saturated rings. The number of carbonyl (C=O) groups excluding carboxylic acids is 1. The molecule has 0 aliphatic heterocycles. The summed E-state index contributed by atoms with van der Waals surface area (Å²) in [6.45, 7) is 0. The third-order valence-corrected chi connectivity index (χ3v) is 3.66. The molecular weight excluding hydrogens is 312 g/mol. The molecule has 1 aromatic carbocycles. The second-order valence-corrected chi connectivity index (χ2v) is 4.99. The lowest BCUT2D eigenvalue weighted by Crippen LogP contribution is -2.18. The number of nitrogens with two attached hydrogens (primary N) is 1. The van der Waals surface area contributed by atoms with Crippen molar-refractivity contribution in [1.82, 2.24) is 13.7 Å². The number of nitrogen functional groups attached to an aromatic ring is 1. The van der Waals surface area contributed by atoms with Crippen LogP contribution in [0.4, 0.5) is 11.5 Å². The SMILES string of the molecule is NNc1ncccc1C(=O)Nc1c(Cl)ccc2nsnc12. The van der Waals surface area contributed by atoms with Gasteiger partial charge in [-0.1, -0.05) is 11.6 Å². The molecular formula is C12H9ClN6OS. The standard InChI is InChI=1S/C12H9ClN6OS/c13-7-3-4-8-10(19-21-18-8)9(7)16-12(20)6-2-1-5-15-11(6)17-14/h1-5H,14H2,(H,15,17)(H,16,20). The highest BCUT2D eigenvalue weighted by Crippen LogP contribution is 2.30. The highest BCUT2D eigenvalue weighted by atomic mass is 35.5. The monoisotopic (exact) mass is 320 g/mol. The van der Waals surface area contributed by atoms with Gasteiger partial charge in [-0.3, -0.25) is 4.79 Å². The number of hydrogen-bond donors (Lipinski definition) is 3. The zero-order chi connectivity index (χ0) is 14.8. The first kappa shape index (κ1) is 13.7. The Kier molecular flexibility index (Phi) is 3.65. The number of hydrazine groups is 1. The van der Waals surface area contributed by atoms with Crippen LogP contribution in [-0.2, 0) is 0 Å². The van der Waals surface area contributed by atoms with Gasteiger partial charge in [0.1, 0.15) is 11.0 Å². The van der Waals surface area contributed by atoms with Crippen LogP contribution in [0.1, 0.15) is 10.4 Å². The smallest absolute Gasteiger partial charge is 0.259 e. The molecule has 0 atom stereocenters. The molecule has 0 aliphatic rings. The van der Waals surface area contributed by atoms with Crippen LogP contribution in [0.5, 0.6) is 0 Å². The minimum absolute atomic E-state index is 0.273. The number of amides is 1. The third kappa shape index (κ3) is 2.51. The fourth-order valence-corrected chi connectivity index (χ4v) is 2.57. The Labute approximate surface area is 128 Å². The molecule has 7 nitrogen and oxygen atoms in total. The van der Waals surface area contributed by atoms with E-state index in [0.717, 1.165) is 11.7 Å². The second kappa shape index (κ2) is 5.60. The number of carbonyl (C=O) groups is 1. The lowest BCUT2D eigenvalue weighted by molar-refractivity contribution is 0.102. The molecule has 0 saturated carbocycles. The van der Waals surface area contributed by atoms with Crippen LogP contribution >= 0.6 is 23.3 Å². The molecule has 1 amide bonds. The Hall–Kier alpha value is -2.29. The van der Waals surface area contributed by atoms with Gasteiger partial charge >= 0.3 is 0 Å². The molecule has 21 heavy (non-hydrogen) atoms. The lowest BCUT2D eigenvalue weighted by atomic mass is 10.2. The summed E-state index contributed by atoms with van der Waals surface area (Å²) in [4.78, 5) is 16.3. The Bertz CT molecular complexity index is 820. The van der Waals surface area contributed by atoms with Crippen LogP contribution < -0.4 is 16.6 Å². The van der Waals surface area contributed by atoms with Gasteiger partial charge < -0.3 is 10.7 Å². The molecule has 3 aromatic rings. The van der Waals surface area contributed by atoms with E-state index >= 15 is 0 Å². The summed E-state index contributed by atoms with van der Waals surface area (Å²) in [6.07, 6.45) is 1.53. The molecule has 0 spiro atoms. The Balaban J connectivity index is 2.00. The lowest BCUT2D eigenvalue weighted by Gasteiger charge is -2.10. The highest BCUT2D eigenvalue weighted by molar-refractivity contribution is 7.00. The van der Waals surface area contributed by atoms with Crippen LogP contribution in [0.15, 0.2) is 30.5 Å². The molecule has 4 N–H and O–H groups in total.